The lowest BCUT2D eigenvalue weighted by Crippen LogP contribution is -2.63. The van der Waals surface area contributed by atoms with Crippen molar-refractivity contribution in [2.75, 3.05) is 24.6 Å². The summed E-state index contributed by atoms with van der Waals surface area (Å²) >= 11 is 0. The molecular formula is C26H35N3O6S. The van der Waals surface area contributed by atoms with Crippen LogP contribution in [-0.2, 0) is 14.8 Å². The van der Waals surface area contributed by atoms with Gasteiger partial charge in [0, 0.05) is 18.8 Å². The van der Waals surface area contributed by atoms with Crippen LogP contribution in [0.25, 0.3) is 16.8 Å². The molecular weight excluding hydrogens is 482 g/mol. The lowest BCUT2D eigenvalue weighted by atomic mass is 9.94. The number of ether oxygens (including phenoxy) is 1. The van der Waals surface area contributed by atoms with E-state index >= 15 is 0 Å². The number of sulfonamides is 1. The summed E-state index contributed by atoms with van der Waals surface area (Å²) in [5.41, 5.74) is 1.66. The molecule has 1 aliphatic rings. The highest BCUT2D eigenvalue weighted by Crippen LogP contribution is 2.26. The number of aliphatic hydroxyl groups excluding tert-OH is 3. The van der Waals surface area contributed by atoms with Crippen molar-refractivity contribution in [3.8, 4) is 6.07 Å². The predicted octanol–water partition coefficient (Wildman–Crippen LogP) is 2.12. The Morgan fingerprint density at radius 2 is 1.75 bits per heavy atom. The third kappa shape index (κ3) is 6.24. The first kappa shape index (κ1) is 28.1. The molecule has 10 heteroatoms. The van der Waals surface area contributed by atoms with Crippen LogP contribution < -0.4 is 9.62 Å². The first-order valence-electron chi connectivity index (χ1n) is 12.2. The second-order valence-corrected chi connectivity index (χ2v) is 10.8. The van der Waals surface area contributed by atoms with Crippen LogP contribution in [0.1, 0.15) is 39.2 Å². The maximum Gasteiger partial charge on any atom is 0.251 e. The van der Waals surface area contributed by atoms with Gasteiger partial charge in [-0.3, -0.25) is 0 Å². The number of hydrogen-bond donors (Lipinski definition) is 4. The Kier molecular flexibility index (Phi) is 9.47. The van der Waals surface area contributed by atoms with Crippen LogP contribution in [0.2, 0.25) is 0 Å². The summed E-state index contributed by atoms with van der Waals surface area (Å²) in [5, 5.41) is 41.3. The number of rotatable bonds is 10. The fraction of sp³-hybridized carbons (Fsp3) is 0.500. The Balaban J connectivity index is 1.86. The second-order valence-electron chi connectivity index (χ2n) is 9.09. The molecule has 0 spiro atoms. The van der Waals surface area contributed by atoms with Gasteiger partial charge < -0.3 is 25.0 Å². The van der Waals surface area contributed by atoms with E-state index in [2.05, 4.69) is 29.5 Å². The molecule has 2 aromatic carbocycles. The van der Waals surface area contributed by atoms with Gasteiger partial charge in [-0.1, -0.05) is 32.0 Å². The number of fused-ring (bicyclic) bond motifs is 1. The van der Waals surface area contributed by atoms with Crippen LogP contribution in [0.3, 0.4) is 0 Å². The van der Waals surface area contributed by atoms with Gasteiger partial charge in [0.2, 0.25) is 0 Å². The minimum atomic E-state index is -4.34. The van der Waals surface area contributed by atoms with Crippen molar-refractivity contribution in [2.45, 2.75) is 64.1 Å². The van der Waals surface area contributed by atoms with Gasteiger partial charge in [0.1, 0.15) is 24.4 Å². The standard InChI is InChI=1S/C26H35N3O6S/c1-4-10-29(11-5-2)21-9-8-19-12-18(6-7-20(19)14-21)13-22(15-27)36(33,34)28-24-17(3)35-23(16-30)25(31)26(24)32/h6-9,12-14,17,23-26,28,30-32H,4-5,10-11,16H2,1-3H3/b22-13+/t17?,23-,24+,25-,26-/m1/s1. The molecule has 1 saturated heterocycles. The smallest absolute Gasteiger partial charge is 0.251 e. The second kappa shape index (κ2) is 12.1. The van der Waals surface area contributed by atoms with Gasteiger partial charge in [-0.15, -0.1) is 0 Å². The molecule has 0 aromatic heterocycles. The van der Waals surface area contributed by atoms with E-state index in [4.69, 9.17) is 4.74 Å². The molecule has 5 atom stereocenters. The van der Waals surface area contributed by atoms with Gasteiger partial charge in [0.05, 0.1) is 18.8 Å². The minimum Gasteiger partial charge on any atom is -0.394 e. The minimum absolute atomic E-state index is 0.524. The molecule has 0 radical (unpaired) electrons. The van der Waals surface area contributed by atoms with Crippen LogP contribution >= 0.6 is 0 Å². The maximum atomic E-state index is 13.0. The van der Waals surface area contributed by atoms with E-state index in [1.807, 2.05) is 24.3 Å². The molecule has 2 aromatic rings. The zero-order valence-corrected chi connectivity index (χ0v) is 21.6. The SMILES string of the molecule is CCCN(CCC)c1ccc2cc(/C=C(\C#N)S(=O)(=O)N[C@H]3C(C)O[C@H](CO)[C@@H](O)[C@@H]3O)ccc2c1. The van der Waals surface area contributed by atoms with Crippen molar-refractivity contribution in [2.24, 2.45) is 0 Å². The summed E-state index contributed by atoms with van der Waals surface area (Å²) in [6.45, 7) is 7.22. The molecule has 36 heavy (non-hydrogen) atoms. The summed E-state index contributed by atoms with van der Waals surface area (Å²) in [4.78, 5) is 1.80. The van der Waals surface area contributed by atoms with Gasteiger partial charge in [0.25, 0.3) is 10.0 Å². The molecule has 3 rings (SSSR count). The third-order valence-corrected chi connectivity index (χ3v) is 7.73. The van der Waals surface area contributed by atoms with E-state index < -0.39 is 52.0 Å². The molecule has 1 aliphatic heterocycles. The molecule has 0 saturated carbocycles. The largest absolute Gasteiger partial charge is 0.394 e. The van der Waals surface area contributed by atoms with Crippen molar-refractivity contribution in [1.82, 2.24) is 4.72 Å². The number of aliphatic hydroxyl groups is 3. The number of benzene rings is 2. The van der Waals surface area contributed by atoms with Crippen molar-refractivity contribution < 1.29 is 28.5 Å². The number of nitrogens with one attached hydrogen (secondary N) is 1. The van der Waals surface area contributed by atoms with Crippen LogP contribution in [0.15, 0.2) is 41.3 Å². The molecule has 1 unspecified atom stereocenters. The molecule has 9 nitrogen and oxygen atoms in total. The van der Waals surface area contributed by atoms with Gasteiger partial charge in [-0.25, -0.2) is 13.1 Å². The quantitative estimate of drug-likeness (QED) is 0.351. The number of anilines is 1. The summed E-state index contributed by atoms with van der Waals surface area (Å²) in [7, 11) is -4.34. The fourth-order valence-electron chi connectivity index (χ4n) is 4.48. The van der Waals surface area contributed by atoms with Gasteiger partial charge in [-0.2, -0.15) is 5.26 Å². The monoisotopic (exact) mass is 517 g/mol. The maximum absolute atomic E-state index is 13.0. The Hall–Kier alpha value is -2.52. The molecule has 0 aliphatic carbocycles. The van der Waals surface area contributed by atoms with Gasteiger partial charge in [0.15, 0.2) is 4.91 Å². The summed E-state index contributed by atoms with van der Waals surface area (Å²) in [5.74, 6) is 0. The highest BCUT2D eigenvalue weighted by atomic mass is 32.2. The lowest BCUT2D eigenvalue weighted by molar-refractivity contribution is -0.186. The zero-order chi connectivity index (χ0) is 26.5. The Morgan fingerprint density at radius 1 is 1.11 bits per heavy atom. The van der Waals surface area contributed by atoms with Crippen LogP contribution in [0.5, 0.6) is 0 Å². The van der Waals surface area contributed by atoms with E-state index in [0.29, 0.717) is 5.56 Å². The van der Waals surface area contributed by atoms with Crippen molar-refractivity contribution in [1.29, 1.82) is 5.26 Å². The molecule has 1 heterocycles. The number of hydrogen-bond acceptors (Lipinski definition) is 8. The van der Waals surface area contributed by atoms with Crippen LogP contribution in [-0.4, -0.2) is 73.9 Å². The topological polar surface area (TPSA) is 143 Å². The highest BCUT2D eigenvalue weighted by molar-refractivity contribution is 7.93. The summed E-state index contributed by atoms with van der Waals surface area (Å²) in [6.07, 6.45) is -1.51. The highest BCUT2D eigenvalue weighted by Gasteiger charge is 2.44. The normalized spacial score (nSPS) is 25.0. The van der Waals surface area contributed by atoms with E-state index in [-0.39, 0.29) is 0 Å². The van der Waals surface area contributed by atoms with E-state index in [9.17, 15) is 29.0 Å². The van der Waals surface area contributed by atoms with Crippen molar-refractivity contribution >= 4 is 32.6 Å². The Morgan fingerprint density at radius 3 is 2.36 bits per heavy atom. The van der Waals surface area contributed by atoms with Crippen LogP contribution in [0, 0.1) is 11.3 Å². The van der Waals surface area contributed by atoms with Gasteiger partial charge in [-0.05, 0) is 60.4 Å². The average Bonchev–Trinajstić information content (AvgIpc) is 2.86. The first-order valence-corrected chi connectivity index (χ1v) is 13.7. The summed E-state index contributed by atoms with van der Waals surface area (Å²) in [6, 6.07) is 12.1. The Bertz CT molecular complexity index is 1220. The Labute approximate surface area is 212 Å². The lowest BCUT2D eigenvalue weighted by Gasteiger charge is -2.41. The average molecular weight is 518 g/mol. The number of allylic oxidation sites excluding steroid dienone is 1. The van der Waals surface area contributed by atoms with E-state index in [1.54, 1.807) is 12.1 Å². The van der Waals surface area contributed by atoms with Gasteiger partial charge >= 0.3 is 0 Å². The molecule has 0 bridgehead atoms. The third-order valence-electron chi connectivity index (χ3n) is 6.36. The molecule has 4 N–H and O–H groups in total. The predicted molar refractivity (Wildman–Crippen MR) is 140 cm³/mol. The molecule has 1 fully saturated rings. The molecule has 196 valence electrons. The summed E-state index contributed by atoms with van der Waals surface area (Å²) < 4.78 is 33.7. The van der Waals surface area contributed by atoms with Crippen molar-refractivity contribution in [3.63, 3.8) is 0 Å². The first-order chi connectivity index (χ1) is 17.1. The van der Waals surface area contributed by atoms with Crippen molar-refractivity contribution in [3.05, 3.63) is 46.9 Å². The zero-order valence-electron chi connectivity index (χ0n) is 20.8. The number of nitriles is 1. The van der Waals surface area contributed by atoms with Crippen LogP contribution in [0.4, 0.5) is 5.69 Å². The number of nitrogens with zero attached hydrogens (tertiary/aromatic N) is 2. The molecule has 0 amide bonds. The van der Waals surface area contributed by atoms with E-state index in [1.165, 1.54) is 13.0 Å². The fourth-order valence-corrected chi connectivity index (χ4v) is 5.71. The van der Waals surface area contributed by atoms with E-state index in [0.717, 1.165) is 42.4 Å².